The molecule has 1 aliphatic heterocycles. The van der Waals surface area contributed by atoms with E-state index in [1.54, 1.807) is 17.5 Å². The van der Waals surface area contributed by atoms with Gasteiger partial charge in [-0.05, 0) is 49.6 Å². The molecule has 1 saturated heterocycles. The van der Waals surface area contributed by atoms with Crippen LogP contribution in [-0.4, -0.2) is 38.2 Å². The Kier molecular flexibility index (Phi) is 5.21. The summed E-state index contributed by atoms with van der Waals surface area (Å²) in [5.74, 6) is 1.87. The molecule has 2 N–H and O–H groups in total. The molecule has 4 aromatic heterocycles. The van der Waals surface area contributed by atoms with Gasteiger partial charge in [0.05, 0.1) is 10.6 Å². The minimum Gasteiger partial charge on any atom is -0.348 e. The number of nitrogens with one attached hydrogen (secondary N) is 2. The molecule has 0 bridgehead atoms. The zero-order chi connectivity index (χ0) is 21.2. The summed E-state index contributed by atoms with van der Waals surface area (Å²) in [4.78, 5) is 30.8. The van der Waals surface area contributed by atoms with Gasteiger partial charge in [0.25, 0.3) is 0 Å². The number of rotatable bonds is 5. The maximum Gasteiger partial charge on any atom is 0.438 e. The smallest absolute Gasteiger partial charge is 0.348 e. The Labute approximate surface area is 182 Å². The van der Waals surface area contributed by atoms with Gasteiger partial charge in [-0.25, -0.2) is 19.7 Å². The molecule has 5 heterocycles. The number of anilines is 3. The van der Waals surface area contributed by atoms with Gasteiger partial charge in [-0.2, -0.15) is 0 Å². The van der Waals surface area contributed by atoms with Gasteiger partial charge in [0.2, 0.25) is 0 Å². The maximum absolute atomic E-state index is 11.2. The van der Waals surface area contributed by atoms with E-state index in [9.17, 15) is 4.79 Å². The van der Waals surface area contributed by atoms with Crippen molar-refractivity contribution in [3.63, 3.8) is 0 Å². The summed E-state index contributed by atoms with van der Waals surface area (Å²) in [5, 5.41) is 8.07. The molecule has 5 rings (SSSR count). The SMILES string of the molecule is Cc1ccnc(Nc2cccc(-c3cnc(N4CCC(c5noc(=O)[nH]5)CC4)s3)n2)c1. The number of nitrogens with zero attached hydrogens (tertiary/aromatic N) is 5. The third kappa shape index (κ3) is 4.33. The van der Waals surface area contributed by atoms with Crippen LogP contribution in [-0.2, 0) is 0 Å². The van der Waals surface area contributed by atoms with Crippen molar-refractivity contribution in [3.8, 4) is 10.6 Å². The Hall–Kier alpha value is -3.53. The summed E-state index contributed by atoms with van der Waals surface area (Å²) in [5.41, 5.74) is 2.01. The van der Waals surface area contributed by atoms with Crippen molar-refractivity contribution in [2.75, 3.05) is 23.3 Å². The number of aromatic nitrogens is 5. The number of hydrogen-bond donors (Lipinski definition) is 2. The molecule has 1 aliphatic rings. The molecule has 1 fully saturated rings. The van der Waals surface area contributed by atoms with Crippen LogP contribution in [0, 0.1) is 6.92 Å². The van der Waals surface area contributed by atoms with Crippen molar-refractivity contribution in [3.05, 3.63) is 64.7 Å². The molecule has 31 heavy (non-hydrogen) atoms. The van der Waals surface area contributed by atoms with E-state index in [-0.39, 0.29) is 5.92 Å². The molecule has 9 nitrogen and oxygen atoms in total. The molecular weight excluding hydrogens is 414 g/mol. The Bertz CT molecular complexity index is 1240. The summed E-state index contributed by atoms with van der Waals surface area (Å²) in [6.45, 7) is 3.73. The van der Waals surface area contributed by atoms with Crippen molar-refractivity contribution in [1.82, 2.24) is 25.1 Å². The van der Waals surface area contributed by atoms with Gasteiger partial charge in [-0.15, -0.1) is 0 Å². The molecule has 0 atom stereocenters. The van der Waals surface area contributed by atoms with E-state index < -0.39 is 5.76 Å². The van der Waals surface area contributed by atoms with Gasteiger partial charge in [-0.1, -0.05) is 22.6 Å². The molecule has 10 heteroatoms. The molecule has 0 aliphatic carbocycles. The largest absolute Gasteiger partial charge is 0.438 e. The summed E-state index contributed by atoms with van der Waals surface area (Å²) in [6, 6.07) is 9.83. The van der Waals surface area contributed by atoms with Crippen LogP contribution < -0.4 is 16.0 Å². The van der Waals surface area contributed by atoms with E-state index >= 15 is 0 Å². The first-order chi connectivity index (χ1) is 15.1. The minimum atomic E-state index is -0.496. The average Bonchev–Trinajstić information content (AvgIpc) is 3.44. The number of hydrogen-bond acceptors (Lipinski definition) is 9. The van der Waals surface area contributed by atoms with Crippen LogP contribution in [0.2, 0.25) is 0 Å². The predicted octanol–water partition coefficient (Wildman–Crippen LogP) is 3.71. The lowest BCUT2D eigenvalue weighted by Gasteiger charge is -2.30. The Balaban J connectivity index is 1.27. The van der Waals surface area contributed by atoms with Crippen LogP contribution in [0.4, 0.5) is 16.8 Å². The van der Waals surface area contributed by atoms with Gasteiger partial charge in [0, 0.05) is 31.4 Å². The zero-order valence-electron chi connectivity index (χ0n) is 16.9. The third-order valence-electron chi connectivity index (χ3n) is 5.28. The lowest BCUT2D eigenvalue weighted by Crippen LogP contribution is -2.33. The van der Waals surface area contributed by atoms with Crippen LogP contribution >= 0.6 is 11.3 Å². The predicted molar refractivity (Wildman–Crippen MR) is 119 cm³/mol. The summed E-state index contributed by atoms with van der Waals surface area (Å²) in [6.07, 6.45) is 5.43. The van der Waals surface area contributed by atoms with Gasteiger partial charge in [-0.3, -0.25) is 9.51 Å². The van der Waals surface area contributed by atoms with Crippen LogP contribution in [0.25, 0.3) is 10.6 Å². The van der Waals surface area contributed by atoms with Crippen molar-refractivity contribution in [1.29, 1.82) is 0 Å². The first-order valence-electron chi connectivity index (χ1n) is 10.1. The number of aryl methyl sites for hydroxylation is 1. The molecule has 0 unspecified atom stereocenters. The number of piperidine rings is 1. The molecule has 158 valence electrons. The highest BCUT2D eigenvalue weighted by Gasteiger charge is 2.25. The van der Waals surface area contributed by atoms with E-state index in [0.29, 0.717) is 5.82 Å². The molecular formula is C21H21N7O2S. The number of aromatic amines is 1. The first-order valence-corrected chi connectivity index (χ1v) is 10.9. The third-order valence-corrected chi connectivity index (χ3v) is 6.36. The Morgan fingerprint density at radius 3 is 2.84 bits per heavy atom. The van der Waals surface area contributed by atoms with Crippen LogP contribution in [0.15, 0.2) is 52.0 Å². The Morgan fingerprint density at radius 2 is 2.06 bits per heavy atom. The minimum absolute atomic E-state index is 0.210. The van der Waals surface area contributed by atoms with E-state index in [1.165, 1.54) is 0 Å². The topological polar surface area (TPSA) is 113 Å². The highest BCUT2D eigenvalue weighted by Crippen LogP contribution is 2.34. The zero-order valence-corrected chi connectivity index (χ0v) is 17.7. The summed E-state index contributed by atoms with van der Waals surface area (Å²) >= 11 is 1.63. The lowest BCUT2D eigenvalue weighted by molar-refractivity contribution is 0.370. The van der Waals surface area contributed by atoms with Crippen LogP contribution in [0.3, 0.4) is 0 Å². The monoisotopic (exact) mass is 435 g/mol. The fraction of sp³-hybridized carbons (Fsp3) is 0.286. The van der Waals surface area contributed by atoms with E-state index in [1.807, 2.05) is 43.5 Å². The summed E-state index contributed by atoms with van der Waals surface area (Å²) in [7, 11) is 0. The van der Waals surface area contributed by atoms with Crippen LogP contribution in [0.5, 0.6) is 0 Å². The lowest BCUT2D eigenvalue weighted by atomic mass is 9.96. The first kappa shape index (κ1) is 19.4. The van der Waals surface area contributed by atoms with Crippen molar-refractivity contribution < 1.29 is 4.52 Å². The van der Waals surface area contributed by atoms with Gasteiger partial charge in [0.15, 0.2) is 11.0 Å². The molecule has 0 aromatic carbocycles. The fourth-order valence-electron chi connectivity index (χ4n) is 3.67. The van der Waals surface area contributed by atoms with Gasteiger partial charge >= 0.3 is 5.76 Å². The normalized spacial score (nSPS) is 14.7. The second-order valence-corrected chi connectivity index (χ2v) is 8.51. The van der Waals surface area contributed by atoms with Crippen molar-refractivity contribution in [2.45, 2.75) is 25.7 Å². The number of H-pyrrole nitrogens is 1. The number of thiazole rings is 1. The molecule has 4 aromatic rings. The molecule has 0 spiro atoms. The van der Waals surface area contributed by atoms with E-state index in [0.717, 1.165) is 58.8 Å². The van der Waals surface area contributed by atoms with E-state index in [4.69, 9.17) is 4.98 Å². The fourth-order valence-corrected chi connectivity index (χ4v) is 4.61. The van der Waals surface area contributed by atoms with E-state index in [2.05, 4.69) is 34.8 Å². The quantitative estimate of drug-likeness (QED) is 0.488. The highest BCUT2D eigenvalue weighted by atomic mass is 32.1. The van der Waals surface area contributed by atoms with Crippen molar-refractivity contribution >= 4 is 28.1 Å². The van der Waals surface area contributed by atoms with Gasteiger partial charge in [0.1, 0.15) is 11.6 Å². The molecule has 0 saturated carbocycles. The second-order valence-electron chi connectivity index (χ2n) is 7.50. The standard InChI is InChI=1S/C21H21N7O2S/c1-13-5-8-22-18(11-13)25-17-4-2-3-15(24-17)16-12-23-20(31-16)28-9-6-14(7-10-28)19-26-21(29)30-27-19/h2-5,8,11-12,14H,6-7,9-10H2,1H3,(H,22,24,25)(H,26,27,29). The number of pyridine rings is 2. The van der Waals surface area contributed by atoms with Gasteiger partial charge < -0.3 is 10.2 Å². The average molecular weight is 436 g/mol. The maximum atomic E-state index is 11.2. The van der Waals surface area contributed by atoms with Crippen LogP contribution in [0.1, 0.15) is 30.1 Å². The summed E-state index contributed by atoms with van der Waals surface area (Å²) < 4.78 is 4.63. The van der Waals surface area contributed by atoms with Crippen molar-refractivity contribution in [2.24, 2.45) is 0 Å². The highest BCUT2D eigenvalue weighted by molar-refractivity contribution is 7.18. The second kappa shape index (κ2) is 8.31. The molecule has 0 radical (unpaired) electrons. The molecule has 0 amide bonds. The Morgan fingerprint density at radius 1 is 1.19 bits per heavy atom.